The number of morpholine rings is 1. The molecule has 2 aromatic carbocycles. The molecule has 0 saturated carbocycles. The van der Waals surface area contributed by atoms with Crippen LogP contribution < -0.4 is 26.0 Å². The highest BCUT2D eigenvalue weighted by Crippen LogP contribution is 2.26. The van der Waals surface area contributed by atoms with Crippen LogP contribution >= 0.6 is 12.2 Å². The van der Waals surface area contributed by atoms with Gasteiger partial charge in [0.1, 0.15) is 11.8 Å². The average molecular weight is 565 g/mol. The third-order valence-electron chi connectivity index (χ3n) is 6.44. The summed E-state index contributed by atoms with van der Waals surface area (Å²) in [5.74, 6) is 6.47. The predicted octanol–water partition coefficient (Wildman–Crippen LogP) is 1.15. The van der Waals surface area contributed by atoms with Crippen LogP contribution in [-0.4, -0.2) is 92.3 Å². The lowest BCUT2D eigenvalue weighted by Gasteiger charge is -2.26. The maximum absolute atomic E-state index is 13.0. The highest BCUT2D eigenvalue weighted by molar-refractivity contribution is 7.80. The topological polar surface area (TPSA) is 124 Å². The summed E-state index contributed by atoms with van der Waals surface area (Å²) in [7, 11) is 1.54. The highest BCUT2D eigenvalue weighted by Gasteiger charge is 2.29. The molecule has 1 saturated heterocycles. The zero-order valence-electron chi connectivity index (χ0n) is 22.2. The second-order valence-electron chi connectivity index (χ2n) is 9.18. The van der Waals surface area contributed by atoms with Crippen LogP contribution in [0.25, 0.3) is 0 Å². The van der Waals surface area contributed by atoms with Gasteiger partial charge in [-0.1, -0.05) is 17.9 Å². The van der Waals surface area contributed by atoms with Gasteiger partial charge in [-0.2, -0.15) is 0 Å². The number of hydrogen-bond acceptors (Lipinski definition) is 7. The molecule has 0 radical (unpaired) electrons. The van der Waals surface area contributed by atoms with Gasteiger partial charge in [0.05, 0.1) is 26.9 Å². The number of nitrogens with one attached hydrogen (secondary N) is 4. The first-order valence-corrected chi connectivity index (χ1v) is 13.3. The van der Waals surface area contributed by atoms with E-state index in [-0.39, 0.29) is 18.9 Å². The molecular formula is C28H32N6O5S. The molecule has 1 fully saturated rings. The average Bonchev–Trinajstić information content (AvgIpc) is 3.27. The number of methoxy groups -OCH3 is 1. The lowest BCUT2D eigenvalue weighted by Crippen LogP contribution is -2.46. The Morgan fingerprint density at radius 1 is 1.20 bits per heavy atom. The Kier molecular flexibility index (Phi) is 10.3. The van der Waals surface area contributed by atoms with Crippen LogP contribution in [0.4, 0.5) is 10.5 Å². The zero-order chi connectivity index (χ0) is 28.3. The SMILES string of the molecule is COc1ccc2c(c1)C(=O)N(C[C@@H](C#Cc1ccc(NC(=S)NCCN3CCOCC3)cc1)NC(=O)NC=O)C2. The van der Waals surface area contributed by atoms with Gasteiger partial charge in [-0.3, -0.25) is 19.8 Å². The van der Waals surface area contributed by atoms with Crippen molar-refractivity contribution in [2.45, 2.75) is 12.6 Å². The van der Waals surface area contributed by atoms with Crippen molar-refractivity contribution in [1.82, 2.24) is 25.8 Å². The molecule has 4 rings (SSSR count). The largest absolute Gasteiger partial charge is 0.497 e. The Labute approximate surface area is 238 Å². The van der Waals surface area contributed by atoms with Crippen molar-refractivity contribution in [1.29, 1.82) is 0 Å². The van der Waals surface area contributed by atoms with Crippen molar-refractivity contribution in [3.05, 3.63) is 59.2 Å². The molecule has 0 aromatic heterocycles. The molecule has 2 heterocycles. The molecule has 2 aromatic rings. The van der Waals surface area contributed by atoms with E-state index >= 15 is 0 Å². The number of benzene rings is 2. The van der Waals surface area contributed by atoms with Gasteiger partial charge in [0.2, 0.25) is 6.41 Å². The van der Waals surface area contributed by atoms with E-state index in [1.54, 1.807) is 24.1 Å². The molecule has 1 atom stereocenters. The quantitative estimate of drug-likeness (QED) is 0.202. The zero-order valence-corrected chi connectivity index (χ0v) is 23.0. The van der Waals surface area contributed by atoms with Gasteiger partial charge in [-0.05, 0) is 54.2 Å². The summed E-state index contributed by atoms with van der Waals surface area (Å²) in [6, 6.07) is 11.3. The maximum atomic E-state index is 13.0. The molecule has 0 aliphatic carbocycles. The monoisotopic (exact) mass is 564 g/mol. The third kappa shape index (κ3) is 8.16. The van der Waals surface area contributed by atoms with Crippen LogP contribution in [0.15, 0.2) is 42.5 Å². The van der Waals surface area contributed by atoms with Crippen molar-refractivity contribution in [2.75, 3.05) is 58.4 Å². The lowest BCUT2D eigenvalue weighted by atomic mass is 10.1. The van der Waals surface area contributed by atoms with Crippen molar-refractivity contribution in [2.24, 2.45) is 0 Å². The number of nitrogens with zero attached hydrogens (tertiary/aromatic N) is 2. The smallest absolute Gasteiger partial charge is 0.322 e. The number of imide groups is 1. The molecule has 4 N–H and O–H groups in total. The van der Waals surface area contributed by atoms with Gasteiger partial charge in [0.15, 0.2) is 5.11 Å². The molecule has 0 spiro atoms. The van der Waals surface area contributed by atoms with E-state index in [0.717, 1.165) is 50.6 Å². The summed E-state index contributed by atoms with van der Waals surface area (Å²) in [4.78, 5) is 39.7. The molecule has 4 amide bonds. The van der Waals surface area contributed by atoms with Crippen molar-refractivity contribution >= 4 is 41.4 Å². The van der Waals surface area contributed by atoms with E-state index in [1.165, 1.54) is 0 Å². The number of amides is 4. The second-order valence-corrected chi connectivity index (χ2v) is 9.59. The summed E-state index contributed by atoms with van der Waals surface area (Å²) in [5.41, 5.74) is 2.94. The van der Waals surface area contributed by atoms with Gasteiger partial charge >= 0.3 is 6.03 Å². The van der Waals surface area contributed by atoms with Crippen LogP contribution in [0, 0.1) is 11.8 Å². The van der Waals surface area contributed by atoms with E-state index in [4.69, 9.17) is 21.7 Å². The van der Waals surface area contributed by atoms with E-state index in [9.17, 15) is 14.4 Å². The number of carbonyl (C=O) groups excluding carboxylic acids is 3. The predicted molar refractivity (Wildman–Crippen MR) is 154 cm³/mol. The van der Waals surface area contributed by atoms with Gasteiger partial charge in [0.25, 0.3) is 5.91 Å². The first-order chi connectivity index (χ1) is 19.4. The van der Waals surface area contributed by atoms with Crippen molar-refractivity contribution in [3.63, 3.8) is 0 Å². The van der Waals surface area contributed by atoms with Crippen LogP contribution in [0.5, 0.6) is 5.75 Å². The van der Waals surface area contributed by atoms with Crippen LogP contribution in [-0.2, 0) is 16.1 Å². The number of rotatable bonds is 9. The van der Waals surface area contributed by atoms with E-state index in [0.29, 0.717) is 28.5 Å². The minimum absolute atomic E-state index is 0.138. The molecule has 40 heavy (non-hydrogen) atoms. The first-order valence-electron chi connectivity index (χ1n) is 12.9. The fraction of sp³-hybridized carbons (Fsp3) is 0.357. The van der Waals surface area contributed by atoms with Crippen molar-refractivity contribution < 1.29 is 23.9 Å². The van der Waals surface area contributed by atoms with Gasteiger partial charge in [0, 0.05) is 49.5 Å². The highest BCUT2D eigenvalue weighted by atomic mass is 32.1. The Morgan fingerprint density at radius 3 is 2.70 bits per heavy atom. The summed E-state index contributed by atoms with van der Waals surface area (Å²) in [5, 5.41) is 11.6. The second kappa shape index (κ2) is 14.3. The molecule has 2 aliphatic heterocycles. The fourth-order valence-electron chi connectivity index (χ4n) is 4.35. The molecule has 11 nitrogen and oxygen atoms in total. The van der Waals surface area contributed by atoms with Gasteiger partial charge in [-0.25, -0.2) is 4.79 Å². The summed E-state index contributed by atoms with van der Waals surface area (Å²) >= 11 is 5.40. The standard InChI is InChI=1S/C28H32N6O5S/c1-38-24-9-5-21-17-34(26(36)25(21)16-24)18-23(31-27(37)30-19-35)8-4-20-2-6-22(7-3-20)32-28(40)29-10-11-33-12-14-39-15-13-33/h2-3,5-7,9,16,19,23H,10-15,17-18H2,1H3,(H2,29,32,40)(H2,30,31,35,37)/t23-/m1/s1. The molecule has 0 bridgehead atoms. The normalized spacial score (nSPS) is 15.2. The molecule has 0 unspecified atom stereocenters. The molecular weight excluding hydrogens is 532 g/mol. The number of urea groups is 1. The summed E-state index contributed by atoms with van der Waals surface area (Å²) in [6.07, 6.45) is 0.288. The minimum Gasteiger partial charge on any atom is -0.497 e. The Morgan fingerprint density at radius 2 is 1.98 bits per heavy atom. The van der Waals surface area contributed by atoms with Crippen molar-refractivity contribution in [3.8, 4) is 17.6 Å². The Balaban J connectivity index is 1.34. The van der Waals surface area contributed by atoms with Crippen LogP contribution in [0.2, 0.25) is 0 Å². The molecule has 12 heteroatoms. The Hall–Kier alpha value is -4.18. The molecule has 2 aliphatic rings. The number of carbonyl (C=O) groups is 3. The minimum atomic E-state index is -0.721. The maximum Gasteiger partial charge on any atom is 0.322 e. The van der Waals surface area contributed by atoms with Gasteiger partial charge in [-0.15, -0.1) is 0 Å². The number of fused-ring (bicyclic) bond motifs is 1. The number of hydrogen-bond donors (Lipinski definition) is 4. The van der Waals surface area contributed by atoms with Gasteiger partial charge < -0.3 is 30.3 Å². The van der Waals surface area contributed by atoms with E-state index < -0.39 is 12.1 Å². The number of anilines is 1. The van der Waals surface area contributed by atoms with Crippen LogP contribution in [0.3, 0.4) is 0 Å². The number of thiocarbonyl (C=S) groups is 1. The van der Waals surface area contributed by atoms with E-state index in [1.807, 2.05) is 35.6 Å². The number of ether oxygens (including phenoxy) is 2. The summed E-state index contributed by atoms with van der Waals surface area (Å²) in [6.45, 7) is 5.54. The molecule has 210 valence electrons. The summed E-state index contributed by atoms with van der Waals surface area (Å²) < 4.78 is 10.6. The lowest BCUT2D eigenvalue weighted by molar-refractivity contribution is -0.108. The Bertz CT molecular complexity index is 1290. The first kappa shape index (κ1) is 28.8. The third-order valence-corrected chi connectivity index (χ3v) is 6.69. The van der Waals surface area contributed by atoms with E-state index in [2.05, 4.69) is 32.7 Å². The van der Waals surface area contributed by atoms with Crippen LogP contribution in [0.1, 0.15) is 21.5 Å². The fourth-order valence-corrected chi connectivity index (χ4v) is 4.57.